The van der Waals surface area contributed by atoms with Gasteiger partial charge in [-0.25, -0.2) is 4.79 Å². The average Bonchev–Trinajstić information content (AvgIpc) is 2.68. The van der Waals surface area contributed by atoms with E-state index in [9.17, 15) is 30.3 Å². The normalized spacial score (nSPS) is 44.4. The quantitative estimate of drug-likeness (QED) is 0.200. The first-order valence-electron chi connectivity index (χ1n) is 8.60. The molecule has 2 fully saturated rings. The molecule has 0 aliphatic carbocycles. The zero-order valence-electron chi connectivity index (χ0n) is 15.1. The van der Waals surface area contributed by atoms with Crippen LogP contribution in [0.5, 0.6) is 0 Å². The van der Waals surface area contributed by atoms with Gasteiger partial charge in [-0.2, -0.15) is 0 Å². The van der Waals surface area contributed by atoms with Crippen LogP contribution in [0.15, 0.2) is 0 Å². The van der Waals surface area contributed by atoms with Gasteiger partial charge in [0.25, 0.3) is 0 Å². The summed E-state index contributed by atoms with van der Waals surface area (Å²) in [4.78, 5) is 10.8. The highest BCUT2D eigenvalue weighted by Crippen LogP contribution is 2.30. The molecule has 2 saturated heterocycles. The van der Waals surface area contributed by atoms with Gasteiger partial charge in [0.05, 0.1) is 6.61 Å². The number of aliphatic hydroxyl groups excluding tert-OH is 5. The van der Waals surface area contributed by atoms with Gasteiger partial charge in [0.2, 0.25) is 0 Å². The summed E-state index contributed by atoms with van der Waals surface area (Å²) in [5, 5.41) is 58.5. The lowest BCUT2D eigenvalue weighted by molar-refractivity contribution is -0.356. The van der Waals surface area contributed by atoms with Crippen molar-refractivity contribution in [1.29, 1.82) is 0 Å². The Hall–Kier alpha value is -0.970. The molecular weight excluding hydrogens is 386 g/mol. The van der Waals surface area contributed by atoms with E-state index in [1.807, 2.05) is 0 Å². The molecule has 0 spiro atoms. The van der Waals surface area contributed by atoms with Gasteiger partial charge in [-0.15, -0.1) is 0 Å². The second-order valence-electron chi connectivity index (χ2n) is 6.47. The molecule has 2 heterocycles. The van der Waals surface area contributed by atoms with E-state index < -0.39 is 80.6 Å². The van der Waals surface area contributed by atoms with E-state index >= 15 is 0 Å². The van der Waals surface area contributed by atoms with E-state index in [-0.39, 0.29) is 6.54 Å². The Labute approximate surface area is 160 Å². The lowest BCUT2D eigenvalue weighted by Crippen LogP contribution is -2.65. The number of carboxylic acid groups (broad SMARTS) is 1. The number of ether oxygens (including phenoxy) is 5. The fourth-order valence-electron chi connectivity index (χ4n) is 3.12. The first kappa shape index (κ1) is 23.3. The summed E-state index contributed by atoms with van der Waals surface area (Å²) in [7, 11) is 1.26. The van der Waals surface area contributed by atoms with Crippen LogP contribution >= 0.6 is 0 Å². The first-order chi connectivity index (χ1) is 13.2. The van der Waals surface area contributed by atoms with Gasteiger partial charge in [-0.05, 0) is 0 Å². The van der Waals surface area contributed by atoms with E-state index in [0.717, 1.165) is 0 Å². The Morgan fingerprint density at radius 2 is 1.61 bits per heavy atom. The molecular formula is C15H27NO12. The van der Waals surface area contributed by atoms with Crippen molar-refractivity contribution in [3.63, 3.8) is 0 Å². The van der Waals surface area contributed by atoms with Crippen LogP contribution in [0, 0.1) is 0 Å². The maximum absolute atomic E-state index is 10.8. The van der Waals surface area contributed by atoms with Gasteiger partial charge in [0, 0.05) is 13.7 Å². The van der Waals surface area contributed by atoms with Crippen molar-refractivity contribution in [1.82, 2.24) is 0 Å². The van der Waals surface area contributed by atoms with Crippen LogP contribution in [0.4, 0.5) is 0 Å². The molecule has 0 saturated carbocycles. The van der Waals surface area contributed by atoms with Gasteiger partial charge >= 0.3 is 5.97 Å². The van der Waals surface area contributed by atoms with Crippen LogP contribution in [0.25, 0.3) is 0 Å². The van der Waals surface area contributed by atoms with Gasteiger partial charge < -0.3 is 60.1 Å². The van der Waals surface area contributed by atoms with Crippen molar-refractivity contribution in [3.8, 4) is 0 Å². The number of hydrogen-bond acceptors (Lipinski definition) is 12. The lowest BCUT2D eigenvalue weighted by atomic mass is 9.96. The van der Waals surface area contributed by atoms with Gasteiger partial charge in [-0.3, -0.25) is 0 Å². The summed E-state index contributed by atoms with van der Waals surface area (Å²) in [5.41, 5.74) is 5.64. The van der Waals surface area contributed by atoms with E-state index in [4.69, 9.17) is 34.5 Å². The molecule has 0 aromatic carbocycles. The number of nitrogens with two attached hydrogens (primary N) is 1. The second kappa shape index (κ2) is 10.2. The molecule has 0 unspecified atom stereocenters. The Morgan fingerprint density at radius 1 is 0.964 bits per heavy atom. The third-order valence-corrected chi connectivity index (χ3v) is 4.62. The molecule has 164 valence electrons. The number of rotatable bonds is 8. The van der Waals surface area contributed by atoms with E-state index in [0.29, 0.717) is 0 Å². The highest BCUT2D eigenvalue weighted by atomic mass is 16.7. The zero-order valence-corrected chi connectivity index (χ0v) is 15.1. The molecule has 0 radical (unpaired) electrons. The highest BCUT2D eigenvalue weighted by molar-refractivity contribution is 5.68. The van der Waals surface area contributed by atoms with Crippen molar-refractivity contribution >= 4 is 5.97 Å². The molecule has 0 aromatic rings. The monoisotopic (exact) mass is 413 g/mol. The van der Waals surface area contributed by atoms with Gasteiger partial charge in [-0.1, -0.05) is 0 Å². The van der Waals surface area contributed by atoms with Crippen molar-refractivity contribution in [2.45, 2.75) is 61.4 Å². The fraction of sp³-hybridized carbons (Fsp3) is 0.933. The summed E-state index contributed by atoms with van der Waals surface area (Å²) < 4.78 is 26.5. The van der Waals surface area contributed by atoms with Crippen molar-refractivity contribution in [3.05, 3.63) is 0 Å². The van der Waals surface area contributed by atoms with E-state index in [1.165, 1.54) is 7.11 Å². The van der Waals surface area contributed by atoms with Crippen molar-refractivity contribution in [2.75, 3.05) is 26.9 Å². The third-order valence-electron chi connectivity index (χ3n) is 4.62. The Balaban J connectivity index is 2.17. The smallest absolute Gasteiger partial charge is 0.329 e. The number of aliphatic hydroxyl groups is 5. The van der Waals surface area contributed by atoms with Gasteiger partial charge in [0.1, 0.15) is 55.4 Å². The molecule has 28 heavy (non-hydrogen) atoms. The molecule has 2 aliphatic rings. The zero-order chi connectivity index (χ0) is 21.0. The minimum atomic E-state index is -1.71. The lowest BCUT2D eigenvalue weighted by Gasteiger charge is -2.46. The Bertz CT molecular complexity index is 507. The summed E-state index contributed by atoms with van der Waals surface area (Å²) in [5.74, 6) is -1.28. The molecule has 13 nitrogen and oxygen atoms in total. The summed E-state index contributed by atoms with van der Waals surface area (Å²) in [6.45, 7) is -1.55. The topological polar surface area (TPSA) is 211 Å². The number of methoxy groups -OCH3 is 1. The largest absolute Gasteiger partial charge is 0.480 e. The predicted octanol–water partition coefficient (Wildman–Crippen LogP) is -4.67. The Morgan fingerprint density at radius 3 is 2.14 bits per heavy atom. The van der Waals surface area contributed by atoms with Crippen LogP contribution in [0.1, 0.15) is 0 Å². The Kier molecular flexibility index (Phi) is 8.47. The molecule has 0 aromatic heterocycles. The summed E-state index contributed by atoms with van der Waals surface area (Å²) >= 11 is 0. The molecule has 2 aliphatic heterocycles. The number of hydrogen-bond donors (Lipinski definition) is 7. The summed E-state index contributed by atoms with van der Waals surface area (Å²) in [6.07, 6.45) is -13.9. The second-order valence-corrected chi connectivity index (χ2v) is 6.47. The maximum atomic E-state index is 10.8. The predicted molar refractivity (Wildman–Crippen MR) is 86.7 cm³/mol. The number of carboxylic acids is 1. The standard InChI is InChI=1S/C15H27NO12/c1-24-15-13(25-4-7(18)19)11(23)12(5(2-16)26-15)28-14-10(22)9(21)8(20)6(3-17)27-14/h5-6,8-15,17,20-23H,2-4,16H2,1H3,(H,18,19)/t5-,6-,8-,9+,10-,11+,12+,13-,14-,15-/m1/s1. The van der Waals surface area contributed by atoms with Crippen LogP contribution < -0.4 is 5.73 Å². The molecule has 0 amide bonds. The van der Waals surface area contributed by atoms with E-state index in [1.54, 1.807) is 0 Å². The third kappa shape index (κ3) is 4.95. The number of carbonyl (C=O) groups is 1. The van der Waals surface area contributed by atoms with E-state index in [2.05, 4.69) is 0 Å². The van der Waals surface area contributed by atoms with Crippen molar-refractivity contribution in [2.24, 2.45) is 5.73 Å². The van der Waals surface area contributed by atoms with Crippen LogP contribution in [-0.2, 0) is 28.5 Å². The highest BCUT2D eigenvalue weighted by Gasteiger charge is 2.51. The van der Waals surface area contributed by atoms with Crippen LogP contribution in [0.2, 0.25) is 0 Å². The van der Waals surface area contributed by atoms with Gasteiger partial charge in [0.15, 0.2) is 12.6 Å². The SMILES string of the molecule is CO[C@@H]1O[C@H](CN)[C@H](O[C@H]2O[C@H](CO)[C@@H](O)[C@H](O)[C@H]2O)[C@H](O)[C@H]1OCC(=O)O. The first-order valence-corrected chi connectivity index (χ1v) is 8.60. The van der Waals surface area contributed by atoms with Crippen LogP contribution in [-0.4, -0.2) is 125 Å². The fourth-order valence-corrected chi connectivity index (χ4v) is 3.12. The van der Waals surface area contributed by atoms with Crippen LogP contribution in [0.3, 0.4) is 0 Å². The number of aliphatic carboxylic acids is 1. The van der Waals surface area contributed by atoms with Crippen molar-refractivity contribution < 1.29 is 59.1 Å². The molecule has 13 heteroatoms. The molecule has 2 rings (SSSR count). The average molecular weight is 413 g/mol. The summed E-state index contributed by atoms with van der Waals surface area (Å²) in [6, 6.07) is 0. The molecule has 10 atom stereocenters. The molecule has 8 N–H and O–H groups in total. The maximum Gasteiger partial charge on any atom is 0.329 e. The minimum Gasteiger partial charge on any atom is -0.480 e. The molecule has 0 bridgehead atoms. The minimum absolute atomic E-state index is 0.148.